The second-order valence-electron chi connectivity index (χ2n) is 5.44. The lowest BCUT2D eigenvalue weighted by Gasteiger charge is -2.25. The molecular formula is C16H20N4O3S. The molecule has 3 N–H and O–H groups in total. The number of hydrogen-bond acceptors (Lipinski definition) is 5. The molecule has 2 amide bonds. The molecule has 1 unspecified atom stereocenters. The maximum atomic E-state index is 12.3. The van der Waals surface area contributed by atoms with Crippen molar-refractivity contribution in [3.63, 3.8) is 0 Å². The number of likely N-dealkylation sites (tertiary alicyclic amines) is 1. The van der Waals surface area contributed by atoms with E-state index in [9.17, 15) is 9.59 Å². The first kappa shape index (κ1) is 17.9. The summed E-state index contributed by atoms with van der Waals surface area (Å²) in [4.78, 5) is 25.1. The number of carbonyl (C=O) groups is 2. The van der Waals surface area contributed by atoms with Gasteiger partial charge in [-0.25, -0.2) is 4.79 Å². The van der Waals surface area contributed by atoms with Gasteiger partial charge in [-0.3, -0.25) is 20.4 Å². The zero-order chi connectivity index (χ0) is 17.5. The number of benzene rings is 1. The summed E-state index contributed by atoms with van der Waals surface area (Å²) in [6.45, 7) is 2.06. The monoisotopic (exact) mass is 348 g/mol. The van der Waals surface area contributed by atoms with Crippen molar-refractivity contribution in [2.45, 2.75) is 32.4 Å². The Bertz CT molecular complexity index is 635. The molecule has 128 valence electrons. The number of thiocarbonyl (C=S) groups is 1. The average Bonchev–Trinajstić information content (AvgIpc) is 3.02. The second-order valence-corrected chi connectivity index (χ2v) is 5.88. The van der Waals surface area contributed by atoms with Crippen LogP contribution in [0.2, 0.25) is 0 Å². The maximum Gasteiger partial charge on any atom is 0.410 e. The Kier molecular flexibility index (Phi) is 6.25. The predicted molar refractivity (Wildman–Crippen MR) is 93.6 cm³/mol. The van der Waals surface area contributed by atoms with Crippen LogP contribution >= 0.6 is 12.2 Å². The molecule has 2 rings (SSSR count). The fourth-order valence-electron chi connectivity index (χ4n) is 2.47. The third-order valence-electron chi connectivity index (χ3n) is 3.54. The third-order valence-corrected chi connectivity index (χ3v) is 3.92. The molecule has 1 fully saturated rings. The van der Waals surface area contributed by atoms with Crippen molar-refractivity contribution in [3.05, 3.63) is 35.9 Å². The van der Waals surface area contributed by atoms with Gasteiger partial charge >= 0.3 is 6.09 Å². The molecule has 0 spiro atoms. The lowest BCUT2D eigenvalue weighted by Crippen LogP contribution is -2.50. The van der Waals surface area contributed by atoms with Crippen molar-refractivity contribution in [1.82, 2.24) is 15.5 Å². The van der Waals surface area contributed by atoms with Gasteiger partial charge in [0, 0.05) is 13.5 Å². The SMILES string of the molecule is CC(=O)NC(=N)NC(=S)C1CCCN1C(=O)OCc1ccccc1. The number of nitrogens with zero attached hydrogens (tertiary/aromatic N) is 1. The van der Waals surface area contributed by atoms with Gasteiger partial charge in [0.2, 0.25) is 5.91 Å². The van der Waals surface area contributed by atoms with Crippen molar-refractivity contribution in [2.24, 2.45) is 0 Å². The van der Waals surface area contributed by atoms with Gasteiger partial charge in [0.15, 0.2) is 5.96 Å². The van der Waals surface area contributed by atoms with Gasteiger partial charge in [-0.1, -0.05) is 42.5 Å². The third kappa shape index (κ3) is 5.02. The molecule has 1 aromatic rings. The second kappa shape index (κ2) is 8.39. The molecule has 24 heavy (non-hydrogen) atoms. The highest BCUT2D eigenvalue weighted by Gasteiger charge is 2.33. The average molecular weight is 348 g/mol. The largest absolute Gasteiger partial charge is 0.445 e. The number of rotatable bonds is 3. The van der Waals surface area contributed by atoms with E-state index in [4.69, 9.17) is 22.4 Å². The fourth-order valence-corrected chi connectivity index (χ4v) is 2.82. The van der Waals surface area contributed by atoms with Crippen molar-refractivity contribution < 1.29 is 14.3 Å². The number of amides is 2. The quantitative estimate of drug-likeness (QED) is 0.440. The molecule has 1 heterocycles. The molecule has 0 saturated carbocycles. The van der Waals surface area contributed by atoms with Crippen LogP contribution in [0.3, 0.4) is 0 Å². The van der Waals surface area contributed by atoms with Gasteiger partial charge < -0.3 is 10.1 Å². The maximum absolute atomic E-state index is 12.3. The number of ether oxygens (including phenoxy) is 1. The molecule has 0 radical (unpaired) electrons. The molecule has 0 bridgehead atoms. The first-order valence-corrected chi connectivity index (χ1v) is 8.02. The van der Waals surface area contributed by atoms with Gasteiger partial charge in [-0.05, 0) is 18.4 Å². The van der Waals surface area contributed by atoms with Crippen LogP contribution in [-0.2, 0) is 16.1 Å². The minimum atomic E-state index is -0.434. The topological polar surface area (TPSA) is 94.5 Å². The summed E-state index contributed by atoms with van der Waals surface area (Å²) in [5.41, 5.74) is 0.912. The highest BCUT2D eigenvalue weighted by Crippen LogP contribution is 2.19. The van der Waals surface area contributed by atoms with Crippen LogP contribution in [0.15, 0.2) is 30.3 Å². The number of carbonyl (C=O) groups excluding carboxylic acids is 2. The van der Waals surface area contributed by atoms with Gasteiger partial charge in [0.05, 0.1) is 6.04 Å². The molecule has 1 aromatic carbocycles. The van der Waals surface area contributed by atoms with Crippen LogP contribution in [0.5, 0.6) is 0 Å². The highest BCUT2D eigenvalue weighted by molar-refractivity contribution is 7.80. The van der Waals surface area contributed by atoms with Crippen LogP contribution in [0.4, 0.5) is 4.79 Å². The summed E-state index contributed by atoms with van der Waals surface area (Å²) in [5, 5.41) is 12.6. The van der Waals surface area contributed by atoms with Gasteiger partial charge in [-0.2, -0.15) is 0 Å². The van der Waals surface area contributed by atoms with Crippen LogP contribution in [-0.4, -0.2) is 40.4 Å². The van der Waals surface area contributed by atoms with Crippen LogP contribution in [0.25, 0.3) is 0 Å². The molecular weight excluding hydrogens is 328 g/mol. The summed E-state index contributed by atoms with van der Waals surface area (Å²) in [7, 11) is 0. The highest BCUT2D eigenvalue weighted by atomic mass is 32.1. The molecule has 1 aliphatic rings. The Balaban J connectivity index is 1.89. The van der Waals surface area contributed by atoms with E-state index in [-0.39, 0.29) is 24.5 Å². The van der Waals surface area contributed by atoms with Crippen molar-refractivity contribution in [1.29, 1.82) is 5.41 Å². The van der Waals surface area contributed by atoms with Crippen LogP contribution in [0.1, 0.15) is 25.3 Å². The van der Waals surface area contributed by atoms with Gasteiger partial charge in [0.1, 0.15) is 11.6 Å². The Labute approximate surface area is 145 Å². The minimum Gasteiger partial charge on any atom is -0.445 e. The van der Waals surface area contributed by atoms with Crippen molar-refractivity contribution >= 4 is 35.2 Å². The summed E-state index contributed by atoms with van der Waals surface area (Å²) < 4.78 is 5.34. The van der Waals surface area contributed by atoms with Crippen LogP contribution < -0.4 is 10.6 Å². The molecule has 8 heteroatoms. The van der Waals surface area contributed by atoms with E-state index in [1.54, 1.807) is 4.90 Å². The van der Waals surface area contributed by atoms with Crippen molar-refractivity contribution in [3.8, 4) is 0 Å². The zero-order valence-corrected chi connectivity index (χ0v) is 14.2. The van der Waals surface area contributed by atoms with E-state index in [0.717, 1.165) is 12.0 Å². The first-order chi connectivity index (χ1) is 11.5. The number of guanidine groups is 1. The van der Waals surface area contributed by atoms with Crippen LogP contribution in [0, 0.1) is 5.41 Å². The molecule has 1 saturated heterocycles. The number of nitrogens with one attached hydrogen (secondary N) is 3. The predicted octanol–water partition coefficient (Wildman–Crippen LogP) is 1.78. The molecule has 1 aliphatic heterocycles. The fraction of sp³-hybridized carbons (Fsp3) is 0.375. The van der Waals surface area contributed by atoms with Crippen molar-refractivity contribution in [2.75, 3.05) is 6.54 Å². The summed E-state index contributed by atoms with van der Waals surface area (Å²) in [6.07, 6.45) is 1.07. The Morgan fingerprint density at radius 1 is 1.33 bits per heavy atom. The van der Waals surface area contributed by atoms with E-state index in [2.05, 4.69) is 10.6 Å². The first-order valence-electron chi connectivity index (χ1n) is 7.61. The summed E-state index contributed by atoms with van der Waals surface area (Å²) in [6, 6.07) is 9.10. The molecule has 0 aliphatic carbocycles. The Morgan fingerprint density at radius 2 is 2.04 bits per heavy atom. The molecule has 1 atom stereocenters. The smallest absolute Gasteiger partial charge is 0.410 e. The van der Waals surface area contributed by atoms with E-state index in [1.807, 2.05) is 30.3 Å². The normalized spacial score (nSPS) is 16.4. The molecule has 7 nitrogen and oxygen atoms in total. The minimum absolute atomic E-state index is 0.197. The lowest BCUT2D eigenvalue weighted by atomic mass is 10.2. The molecule has 0 aromatic heterocycles. The van der Waals surface area contributed by atoms with Gasteiger partial charge in [-0.15, -0.1) is 0 Å². The Morgan fingerprint density at radius 3 is 2.71 bits per heavy atom. The summed E-state index contributed by atoms with van der Waals surface area (Å²) >= 11 is 5.26. The van der Waals surface area contributed by atoms with E-state index in [1.165, 1.54) is 6.92 Å². The Hall–Kier alpha value is -2.48. The van der Waals surface area contributed by atoms with E-state index >= 15 is 0 Å². The summed E-state index contributed by atoms with van der Waals surface area (Å²) in [5.74, 6) is -0.558. The van der Waals surface area contributed by atoms with E-state index in [0.29, 0.717) is 18.0 Å². The standard InChI is InChI=1S/C16H20N4O3S/c1-11(21)18-15(17)19-14(24)13-8-5-9-20(13)16(22)23-10-12-6-3-2-4-7-12/h2-4,6-7,13H,5,8-10H2,1H3,(H3,17,18,19,21,24). The zero-order valence-electron chi connectivity index (χ0n) is 13.4. The lowest BCUT2D eigenvalue weighted by molar-refractivity contribution is -0.117. The van der Waals surface area contributed by atoms with E-state index < -0.39 is 6.09 Å². The number of hydrogen-bond donors (Lipinski definition) is 3. The van der Waals surface area contributed by atoms with Gasteiger partial charge in [0.25, 0.3) is 0 Å².